The van der Waals surface area contributed by atoms with Crippen molar-refractivity contribution in [3.63, 3.8) is 0 Å². The van der Waals surface area contributed by atoms with Gasteiger partial charge < -0.3 is 4.55 Å². The van der Waals surface area contributed by atoms with Gasteiger partial charge in [-0.25, -0.2) is 0 Å². The monoisotopic (exact) mass is 247 g/mol. The molecule has 1 radical (unpaired) electrons. The third kappa shape index (κ3) is 2.35. The molecule has 0 saturated carbocycles. The number of fused-ring (bicyclic) bond motifs is 1. The normalized spacial score (nSPS) is 18.0. The quantitative estimate of drug-likeness (QED) is 0.699. The third-order valence-corrected chi connectivity index (χ3v) is 3.69. The molecule has 1 aliphatic rings. The van der Waals surface area contributed by atoms with Gasteiger partial charge in [0.05, 0.1) is 11.2 Å². The number of aryl methyl sites for hydroxylation is 1. The van der Waals surface area contributed by atoms with E-state index in [1.165, 1.54) is 12.1 Å². The molecule has 0 amide bonds. The Balaban J connectivity index is 2.30. The van der Waals surface area contributed by atoms with E-state index in [9.17, 15) is 17.7 Å². The molecule has 5 heteroatoms. The number of benzene rings is 1. The minimum Gasteiger partial charge on any atom is -0.604 e. The van der Waals surface area contributed by atoms with Crippen molar-refractivity contribution in [3.8, 4) is 0 Å². The Morgan fingerprint density at radius 2 is 1.94 bits per heavy atom. The topological polar surface area (TPSA) is 23.1 Å². The van der Waals surface area contributed by atoms with Crippen molar-refractivity contribution in [1.82, 2.24) is 0 Å². The molecule has 1 aromatic rings. The summed E-state index contributed by atoms with van der Waals surface area (Å²) in [5.41, 5.74) is -2.75. The minimum absolute atomic E-state index is 0.145. The maximum Gasteiger partial charge on any atom is 0.578 e. The maximum atomic E-state index is 12.3. The highest BCUT2D eigenvalue weighted by Gasteiger charge is 2.46. The van der Waals surface area contributed by atoms with Crippen LogP contribution in [0.2, 0.25) is 0 Å². The van der Waals surface area contributed by atoms with Crippen LogP contribution >= 0.6 is 0 Å². The molecule has 1 nitrogen and oxygen atoms in total. The summed E-state index contributed by atoms with van der Waals surface area (Å²) in [6, 6.07) is 4.37. The van der Waals surface area contributed by atoms with Crippen LogP contribution in [-0.2, 0) is 24.0 Å². The van der Waals surface area contributed by atoms with Gasteiger partial charge in [0.2, 0.25) is 0 Å². The summed E-state index contributed by atoms with van der Waals surface area (Å²) in [5, 5.41) is 0. The highest BCUT2D eigenvalue weighted by Crippen LogP contribution is 2.32. The lowest BCUT2D eigenvalue weighted by Crippen LogP contribution is -2.23. The van der Waals surface area contributed by atoms with Gasteiger partial charge in [0.15, 0.2) is 4.90 Å². The fourth-order valence-corrected chi connectivity index (χ4v) is 2.51. The molecule has 87 valence electrons. The average molecular weight is 247 g/mol. The van der Waals surface area contributed by atoms with Gasteiger partial charge in [0.25, 0.3) is 0 Å². The van der Waals surface area contributed by atoms with Crippen molar-refractivity contribution in [2.75, 3.05) is 0 Å². The van der Waals surface area contributed by atoms with E-state index in [1.54, 1.807) is 6.07 Å². The molecule has 0 aliphatic heterocycles. The van der Waals surface area contributed by atoms with Crippen molar-refractivity contribution in [2.45, 2.75) is 29.7 Å². The van der Waals surface area contributed by atoms with E-state index >= 15 is 0 Å². The number of halogens is 3. The molecular weight excluding hydrogens is 237 g/mol. The van der Waals surface area contributed by atoms with E-state index < -0.39 is 16.7 Å². The summed E-state index contributed by atoms with van der Waals surface area (Å²) in [6.07, 6.45) is 4.49. The van der Waals surface area contributed by atoms with Crippen molar-refractivity contribution in [3.05, 3.63) is 35.7 Å². The van der Waals surface area contributed by atoms with Crippen LogP contribution in [0.1, 0.15) is 17.5 Å². The van der Waals surface area contributed by atoms with Gasteiger partial charge in [-0.05, 0) is 48.9 Å². The second-order valence-electron chi connectivity index (χ2n) is 3.68. The van der Waals surface area contributed by atoms with Crippen LogP contribution < -0.4 is 0 Å². The largest absolute Gasteiger partial charge is 0.604 e. The lowest BCUT2D eigenvalue weighted by molar-refractivity contribution is -0.0435. The molecule has 0 spiro atoms. The molecule has 16 heavy (non-hydrogen) atoms. The van der Waals surface area contributed by atoms with Gasteiger partial charge in [0, 0.05) is 0 Å². The third-order valence-electron chi connectivity index (χ3n) is 2.58. The summed E-state index contributed by atoms with van der Waals surface area (Å²) in [4.78, 5) is -0.145. The molecule has 1 aromatic carbocycles. The van der Waals surface area contributed by atoms with Crippen LogP contribution in [0.3, 0.4) is 0 Å². The smallest absolute Gasteiger partial charge is 0.578 e. The van der Waals surface area contributed by atoms with Gasteiger partial charge in [0.1, 0.15) is 0 Å². The lowest BCUT2D eigenvalue weighted by Gasteiger charge is -2.17. The first-order valence-electron chi connectivity index (χ1n) is 4.90. The van der Waals surface area contributed by atoms with Crippen LogP contribution in [-0.4, -0.2) is 10.1 Å². The fraction of sp³-hybridized carbons (Fsp3) is 0.364. The number of hydrogen-bond acceptors (Lipinski definition) is 1. The molecule has 0 saturated heterocycles. The Bertz CT molecular complexity index is 389. The van der Waals surface area contributed by atoms with Gasteiger partial charge >= 0.3 is 5.51 Å². The van der Waals surface area contributed by atoms with Crippen LogP contribution in [0.15, 0.2) is 23.1 Å². The zero-order valence-corrected chi connectivity index (χ0v) is 9.20. The first-order valence-corrected chi connectivity index (χ1v) is 6.05. The van der Waals surface area contributed by atoms with E-state index in [1.807, 2.05) is 0 Å². The molecule has 1 aliphatic carbocycles. The van der Waals surface area contributed by atoms with Gasteiger partial charge in [-0.3, -0.25) is 0 Å². The van der Waals surface area contributed by atoms with Gasteiger partial charge in [-0.1, -0.05) is 6.07 Å². The molecular formula is C11H10F3OS. The first-order chi connectivity index (χ1) is 7.48. The Morgan fingerprint density at radius 3 is 2.62 bits per heavy atom. The number of rotatable bonds is 1. The Morgan fingerprint density at radius 1 is 1.19 bits per heavy atom. The van der Waals surface area contributed by atoms with E-state index in [4.69, 9.17) is 0 Å². The summed E-state index contributed by atoms with van der Waals surface area (Å²) >= 11 is -2.91. The molecule has 2 rings (SSSR count). The standard InChI is InChI=1S/C11H10F3OS/c12-11(13,14)16(15)10-6-5-8-3-1-2-4-9(8)7-10/h1,5-7H,2-4H2. The molecule has 1 atom stereocenters. The van der Waals surface area contributed by atoms with Crippen LogP contribution in [0.4, 0.5) is 13.2 Å². The van der Waals surface area contributed by atoms with Crippen molar-refractivity contribution in [2.24, 2.45) is 0 Å². The number of hydrogen-bond donors (Lipinski definition) is 0. The molecule has 0 heterocycles. The Kier molecular flexibility index (Phi) is 3.17. The maximum absolute atomic E-state index is 12.3. The van der Waals surface area contributed by atoms with Crippen molar-refractivity contribution < 1.29 is 17.7 Å². The first kappa shape index (κ1) is 11.8. The molecule has 0 N–H and O–H groups in total. The van der Waals surface area contributed by atoms with Gasteiger partial charge in [-0.15, -0.1) is 13.2 Å². The van der Waals surface area contributed by atoms with Crippen molar-refractivity contribution >= 4 is 11.2 Å². The summed E-state index contributed by atoms with van der Waals surface area (Å²) in [6.45, 7) is 0. The highest BCUT2D eigenvalue weighted by atomic mass is 32.2. The molecule has 0 aromatic heterocycles. The Labute approximate surface area is 94.8 Å². The van der Waals surface area contributed by atoms with E-state index in [0.29, 0.717) is 0 Å². The van der Waals surface area contributed by atoms with Crippen LogP contribution in [0.25, 0.3) is 0 Å². The Hall–Kier alpha value is -0.680. The second-order valence-corrected chi connectivity index (χ2v) is 5.15. The second kappa shape index (κ2) is 4.30. The lowest BCUT2D eigenvalue weighted by atomic mass is 9.92. The van der Waals surface area contributed by atoms with E-state index in [-0.39, 0.29) is 4.90 Å². The minimum atomic E-state index is -4.67. The molecule has 1 unspecified atom stereocenters. The summed E-state index contributed by atoms with van der Waals surface area (Å²) in [7, 11) is 0. The van der Waals surface area contributed by atoms with Crippen LogP contribution in [0, 0.1) is 6.42 Å². The zero-order valence-electron chi connectivity index (χ0n) is 8.38. The summed E-state index contributed by atoms with van der Waals surface area (Å²) in [5.74, 6) is 0. The van der Waals surface area contributed by atoms with Crippen molar-refractivity contribution in [1.29, 1.82) is 0 Å². The highest BCUT2D eigenvalue weighted by molar-refractivity contribution is 7.92. The number of alkyl halides is 3. The van der Waals surface area contributed by atoms with Gasteiger partial charge in [-0.2, -0.15) is 0 Å². The predicted molar refractivity (Wildman–Crippen MR) is 55.2 cm³/mol. The fourth-order valence-electron chi connectivity index (χ4n) is 1.80. The SMILES string of the molecule is [O-][S+](c1ccc2c(c1)CC[CH]C2)C(F)(F)F. The van der Waals surface area contributed by atoms with E-state index in [0.717, 1.165) is 30.4 Å². The summed E-state index contributed by atoms with van der Waals surface area (Å²) < 4.78 is 47.9. The van der Waals surface area contributed by atoms with E-state index in [2.05, 4.69) is 6.42 Å². The molecule has 0 fully saturated rings. The average Bonchev–Trinajstić information content (AvgIpc) is 2.26. The zero-order chi connectivity index (χ0) is 11.8. The van der Waals surface area contributed by atoms with Crippen LogP contribution in [0.5, 0.6) is 0 Å². The predicted octanol–water partition coefficient (Wildman–Crippen LogP) is 3.01. The molecule has 0 bridgehead atoms.